The minimum absolute atomic E-state index is 0.0631. The molecule has 2 aromatic rings. The predicted molar refractivity (Wildman–Crippen MR) is 107 cm³/mol. The Kier molecular flexibility index (Phi) is 6.47. The third kappa shape index (κ3) is 4.66. The van der Waals surface area contributed by atoms with Crippen LogP contribution in [0.1, 0.15) is 33.2 Å². The van der Waals surface area contributed by atoms with Gasteiger partial charge in [0.25, 0.3) is 11.8 Å². The van der Waals surface area contributed by atoms with Crippen molar-refractivity contribution in [3.63, 3.8) is 0 Å². The highest BCUT2D eigenvalue weighted by molar-refractivity contribution is 5.94. The van der Waals surface area contributed by atoms with Crippen LogP contribution in [0.3, 0.4) is 0 Å². The highest BCUT2D eigenvalue weighted by atomic mass is 16.5. The van der Waals surface area contributed by atoms with E-state index in [1.807, 2.05) is 6.07 Å². The van der Waals surface area contributed by atoms with Crippen LogP contribution in [0, 0.1) is 16.7 Å². The largest absolute Gasteiger partial charge is 0.390 e. The summed E-state index contributed by atoms with van der Waals surface area (Å²) in [5, 5.41) is 33.0. The summed E-state index contributed by atoms with van der Waals surface area (Å²) in [5.74, 6) is -0.923. The lowest BCUT2D eigenvalue weighted by molar-refractivity contribution is -0.0940. The molecule has 2 aromatic carbocycles. The van der Waals surface area contributed by atoms with Crippen LogP contribution in [0.15, 0.2) is 54.6 Å². The quantitative estimate of drug-likeness (QED) is 0.492. The SMILES string of the molecule is C[C@@]1(CN(O)C(=O)c2ccccc2)CO[C@H](CNC(=O)c2ccc(C#N)cc2)[C@H]1O. The van der Waals surface area contributed by atoms with Gasteiger partial charge < -0.3 is 15.2 Å². The molecule has 3 rings (SSSR count). The van der Waals surface area contributed by atoms with Gasteiger partial charge in [0.15, 0.2) is 0 Å². The molecule has 8 nitrogen and oxygen atoms in total. The van der Waals surface area contributed by atoms with Gasteiger partial charge in [-0.05, 0) is 36.4 Å². The fourth-order valence-corrected chi connectivity index (χ4v) is 3.37. The van der Waals surface area contributed by atoms with Crippen molar-refractivity contribution in [1.29, 1.82) is 5.26 Å². The van der Waals surface area contributed by atoms with Crippen LogP contribution in [0.5, 0.6) is 0 Å². The Morgan fingerprint density at radius 3 is 2.50 bits per heavy atom. The summed E-state index contributed by atoms with van der Waals surface area (Å²) in [4.78, 5) is 24.6. The first-order chi connectivity index (χ1) is 14.3. The Morgan fingerprint density at radius 2 is 1.87 bits per heavy atom. The molecule has 156 valence electrons. The fourth-order valence-electron chi connectivity index (χ4n) is 3.37. The number of hydrogen-bond donors (Lipinski definition) is 3. The van der Waals surface area contributed by atoms with Crippen molar-refractivity contribution in [2.24, 2.45) is 5.41 Å². The van der Waals surface area contributed by atoms with Crippen LogP contribution in [0.4, 0.5) is 0 Å². The minimum Gasteiger partial charge on any atom is -0.390 e. The zero-order valence-corrected chi connectivity index (χ0v) is 16.5. The maximum Gasteiger partial charge on any atom is 0.277 e. The molecule has 1 heterocycles. The maximum atomic E-state index is 12.4. The molecular weight excluding hydrogens is 386 g/mol. The molecule has 0 radical (unpaired) electrons. The smallest absolute Gasteiger partial charge is 0.277 e. The second-order valence-electron chi connectivity index (χ2n) is 7.58. The Labute approximate surface area is 174 Å². The van der Waals surface area contributed by atoms with Gasteiger partial charge >= 0.3 is 0 Å². The zero-order valence-electron chi connectivity index (χ0n) is 16.5. The maximum absolute atomic E-state index is 12.4. The number of hydrogen-bond acceptors (Lipinski definition) is 6. The first-order valence-corrected chi connectivity index (χ1v) is 9.48. The van der Waals surface area contributed by atoms with Crippen LogP contribution in [-0.2, 0) is 4.74 Å². The first kappa shape index (κ1) is 21.5. The Balaban J connectivity index is 1.56. The summed E-state index contributed by atoms with van der Waals surface area (Å²) < 4.78 is 5.63. The molecule has 0 spiro atoms. The van der Waals surface area contributed by atoms with E-state index in [2.05, 4.69) is 5.32 Å². The van der Waals surface area contributed by atoms with Gasteiger partial charge in [-0.15, -0.1) is 0 Å². The summed E-state index contributed by atoms with van der Waals surface area (Å²) in [7, 11) is 0. The molecule has 1 saturated heterocycles. The number of aliphatic hydroxyl groups is 1. The standard InChI is InChI=1S/C22H23N3O5/c1-22(13-25(29)21(28)17-5-3-2-4-6-17)14-30-18(19(22)26)12-24-20(27)16-9-7-15(11-23)8-10-16/h2-10,18-19,26,29H,12-14H2,1H3,(H,24,27)/t18-,19-,22-/m1/s1. The van der Waals surface area contributed by atoms with Gasteiger partial charge in [0.05, 0.1) is 30.9 Å². The Morgan fingerprint density at radius 1 is 1.20 bits per heavy atom. The van der Waals surface area contributed by atoms with Crippen LogP contribution < -0.4 is 5.32 Å². The van der Waals surface area contributed by atoms with Crippen LogP contribution in [-0.4, -0.2) is 59.1 Å². The summed E-state index contributed by atoms with van der Waals surface area (Å²) in [6.45, 7) is 1.77. The van der Waals surface area contributed by atoms with Crippen molar-refractivity contribution < 1.29 is 24.6 Å². The van der Waals surface area contributed by atoms with Crippen molar-refractivity contribution >= 4 is 11.8 Å². The number of carbonyl (C=O) groups is 2. The monoisotopic (exact) mass is 409 g/mol. The number of benzene rings is 2. The molecule has 1 aliphatic heterocycles. The highest BCUT2D eigenvalue weighted by Crippen LogP contribution is 2.33. The lowest BCUT2D eigenvalue weighted by Gasteiger charge is -2.31. The van der Waals surface area contributed by atoms with E-state index in [9.17, 15) is 19.9 Å². The third-order valence-corrected chi connectivity index (χ3v) is 5.20. The molecule has 0 unspecified atom stereocenters. The molecule has 1 fully saturated rings. The molecular formula is C22H23N3O5. The average molecular weight is 409 g/mol. The Bertz CT molecular complexity index is 941. The number of aliphatic hydroxyl groups excluding tert-OH is 1. The van der Waals surface area contributed by atoms with E-state index in [4.69, 9.17) is 10.00 Å². The fraction of sp³-hybridized carbons (Fsp3) is 0.318. The van der Waals surface area contributed by atoms with Gasteiger partial charge in [0.1, 0.15) is 6.10 Å². The molecule has 8 heteroatoms. The van der Waals surface area contributed by atoms with E-state index >= 15 is 0 Å². The molecule has 3 atom stereocenters. The number of nitrogens with zero attached hydrogens (tertiary/aromatic N) is 2. The number of hydroxylamine groups is 2. The number of nitrogens with one attached hydrogen (secondary N) is 1. The summed E-state index contributed by atoms with van der Waals surface area (Å²) in [5.41, 5.74) is 0.279. The predicted octanol–water partition coefficient (Wildman–Crippen LogP) is 1.59. The van der Waals surface area contributed by atoms with Crippen molar-refractivity contribution in [1.82, 2.24) is 10.4 Å². The molecule has 0 aromatic heterocycles. The molecule has 0 bridgehead atoms. The average Bonchev–Trinajstić information content (AvgIpc) is 3.05. The molecule has 30 heavy (non-hydrogen) atoms. The summed E-state index contributed by atoms with van der Waals surface area (Å²) in [6, 6.07) is 16.5. The van der Waals surface area contributed by atoms with Gasteiger partial charge in [-0.1, -0.05) is 25.1 Å². The van der Waals surface area contributed by atoms with Gasteiger partial charge in [0, 0.05) is 23.1 Å². The van der Waals surface area contributed by atoms with E-state index in [-0.39, 0.29) is 25.6 Å². The van der Waals surface area contributed by atoms with Crippen molar-refractivity contribution in [2.75, 3.05) is 19.7 Å². The van der Waals surface area contributed by atoms with E-state index in [0.717, 1.165) is 0 Å². The topological polar surface area (TPSA) is 123 Å². The number of carbonyl (C=O) groups excluding carboxylic acids is 2. The summed E-state index contributed by atoms with van der Waals surface area (Å²) >= 11 is 0. The van der Waals surface area contributed by atoms with E-state index < -0.39 is 23.5 Å². The molecule has 3 N–H and O–H groups in total. The molecule has 1 aliphatic rings. The van der Waals surface area contributed by atoms with Crippen molar-refractivity contribution in [2.45, 2.75) is 19.1 Å². The lowest BCUT2D eigenvalue weighted by Crippen LogP contribution is -2.47. The first-order valence-electron chi connectivity index (χ1n) is 9.48. The Hall–Kier alpha value is -3.25. The van der Waals surface area contributed by atoms with Crippen LogP contribution in [0.2, 0.25) is 0 Å². The lowest BCUT2D eigenvalue weighted by atomic mass is 9.84. The normalized spacial score (nSPS) is 22.9. The minimum atomic E-state index is -1.00. The second kappa shape index (κ2) is 9.05. The number of amides is 2. The molecule has 0 saturated carbocycles. The zero-order chi connectivity index (χ0) is 21.7. The highest BCUT2D eigenvalue weighted by Gasteiger charge is 2.47. The molecule has 2 amide bonds. The molecule has 0 aliphatic carbocycles. The van der Waals surface area contributed by atoms with Gasteiger partial charge in [-0.3, -0.25) is 14.8 Å². The van der Waals surface area contributed by atoms with Gasteiger partial charge in [-0.25, -0.2) is 5.06 Å². The third-order valence-electron chi connectivity index (χ3n) is 5.20. The van der Waals surface area contributed by atoms with E-state index in [0.29, 0.717) is 21.8 Å². The van der Waals surface area contributed by atoms with Gasteiger partial charge in [-0.2, -0.15) is 5.26 Å². The van der Waals surface area contributed by atoms with E-state index in [1.165, 1.54) is 0 Å². The van der Waals surface area contributed by atoms with Crippen molar-refractivity contribution in [3.05, 3.63) is 71.3 Å². The number of ether oxygens (including phenoxy) is 1. The van der Waals surface area contributed by atoms with Gasteiger partial charge in [0.2, 0.25) is 0 Å². The van der Waals surface area contributed by atoms with Crippen molar-refractivity contribution in [3.8, 4) is 6.07 Å². The number of rotatable bonds is 6. The summed E-state index contributed by atoms with van der Waals surface area (Å²) in [6.07, 6.45) is -1.69. The van der Waals surface area contributed by atoms with Crippen LogP contribution in [0.25, 0.3) is 0 Å². The second-order valence-corrected chi connectivity index (χ2v) is 7.58. The van der Waals surface area contributed by atoms with Crippen LogP contribution >= 0.6 is 0 Å². The van der Waals surface area contributed by atoms with E-state index in [1.54, 1.807) is 61.5 Å². The number of nitriles is 1.